The van der Waals surface area contributed by atoms with Crippen LogP contribution in [0.25, 0.3) is 11.3 Å². The first-order valence-corrected chi connectivity index (χ1v) is 7.33. The Morgan fingerprint density at radius 2 is 2.00 bits per heavy atom. The zero-order chi connectivity index (χ0) is 14.4. The molecule has 3 heterocycles. The van der Waals surface area contributed by atoms with Crippen LogP contribution in [0.15, 0.2) is 42.9 Å². The Bertz CT molecular complexity index is 664. The maximum atomic E-state index is 12.6. The van der Waals surface area contributed by atoms with E-state index in [-0.39, 0.29) is 6.03 Å². The number of aromatic nitrogens is 2. The summed E-state index contributed by atoms with van der Waals surface area (Å²) < 4.78 is 1.61. The van der Waals surface area contributed by atoms with Crippen LogP contribution in [0.5, 0.6) is 0 Å². The van der Waals surface area contributed by atoms with Gasteiger partial charge >= 0.3 is 6.03 Å². The van der Waals surface area contributed by atoms with Gasteiger partial charge in [-0.15, -0.1) is 0 Å². The molecular weight excluding hydrogens is 264 g/mol. The lowest BCUT2D eigenvalue weighted by atomic mass is 10.2. The number of carbonyl (C=O) groups is 1. The molecule has 0 aliphatic carbocycles. The van der Waals surface area contributed by atoms with Gasteiger partial charge in [0.05, 0.1) is 5.69 Å². The van der Waals surface area contributed by atoms with Gasteiger partial charge in [0, 0.05) is 36.9 Å². The molecule has 0 spiro atoms. The van der Waals surface area contributed by atoms with Crippen molar-refractivity contribution in [2.75, 3.05) is 20.1 Å². The van der Waals surface area contributed by atoms with Crippen molar-refractivity contribution in [1.82, 2.24) is 19.4 Å². The Hall–Kier alpha value is -2.14. The molecule has 2 bridgehead atoms. The van der Waals surface area contributed by atoms with Gasteiger partial charge in [0.15, 0.2) is 0 Å². The van der Waals surface area contributed by atoms with Gasteiger partial charge in [-0.05, 0) is 13.5 Å². The van der Waals surface area contributed by atoms with E-state index in [2.05, 4.69) is 16.9 Å². The van der Waals surface area contributed by atoms with Crippen LogP contribution in [0, 0.1) is 0 Å². The molecule has 2 atom stereocenters. The monoisotopic (exact) mass is 282 g/mol. The number of imidazole rings is 1. The average Bonchev–Trinajstić information content (AvgIpc) is 3.22. The number of benzene rings is 1. The highest BCUT2D eigenvalue weighted by Crippen LogP contribution is 2.30. The lowest BCUT2D eigenvalue weighted by Gasteiger charge is -2.31. The lowest BCUT2D eigenvalue weighted by Crippen LogP contribution is -2.48. The fraction of sp³-hybridized carbons (Fsp3) is 0.375. The van der Waals surface area contributed by atoms with Gasteiger partial charge in [-0.1, -0.05) is 30.3 Å². The van der Waals surface area contributed by atoms with Crippen molar-refractivity contribution in [3.05, 3.63) is 42.9 Å². The number of carbonyl (C=O) groups excluding carboxylic acids is 1. The summed E-state index contributed by atoms with van der Waals surface area (Å²) in [7, 11) is 2.14. The SMILES string of the molecule is CN1C[C@@H]2C[C@H]1CN2C(=O)n1cnc(-c2ccccc2)c1. The van der Waals surface area contributed by atoms with Crippen molar-refractivity contribution in [3.8, 4) is 11.3 Å². The topological polar surface area (TPSA) is 41.4 Å². The van der Waals surface area contributed by atoms with Gasteiger partial charge in [-0.2, -0.15) is 0 Å². The molecule has 108 valence electrons. The molecule has 2 saturated heterocycles. The molecule has 0 N–H and O–H groups in total. The summed E-state index contributed by atoms with van der Waals surface area (Å²) in [6.07, 6.45) is 4.55. The van der Waals surface area contributed by atoms with Gasteiger partial charge in [-0.3, -0.25) is 9.47 Å². The number of nitrogens with zero attached hydrogens (tertiary/aromatic N) is 4. The van der Waals surface area contributed by atoms with Crippen molar-refractivity contribution in [2.45, 2.75) is 18.5 Å². The highest BCUT2D eigenvalue weighted by Gasteiger charge is 2.43. The van der Waals surface area contributed by atoms with E-state index in [0.717, 1.165) is 30.8 Å². The molecule has 0 saturated carbocycles. The largest absolute Gasteiger partial charge is 0.329 e. The first-order valence-electron chi connectivity index (χ1n) is 7.33. The molecule has 4 rings (SSSR count). The van der Waals surface area contributed by atoms with Crippen LogP contribution in [0.1, 0.15) is 6.42 Å². The Morgan fingerprint density at radius 1 is 1.19 bits per heavy atom. The van der Waals surface area contributed by atoms with Gasteiger partial charge in [0.2, 0.25) is 0 Å². The molecule has 0 radical (unpaired) electrons. The number of hydrogen-bond acceptors (Lipinski definition) is 3. The molecule has 1 amide bonds. The van der Waals surface area contributed by atoms with E-state index < -0.39 is 0 Å². The highest BCUT2D eigenvalue weighted by molar-refractivity contribution is 5.79. The number of fused-ring (bicyclic) bond motifs is 2. The second-order valence-corrected chi connectivity index (χ2v) is 5.95. The van der Waals surface area contributed by atoms with Crippen molar-refractivity contribution in [2.24, 2.45) is 0 Å². The van der Waals surface area contributed by atoms with Crippen LogP contribution in [-0.4, -0.2) is 57.6 Å². The summed E-state index contributed by atoms with van der Waals surface area (Å²) >= 11 is 0. The van der Waals surface area contributed by atoms with E-state index in [1.165, 1.54) is 0 Å². The smallest absolute Gasteiger partial charge is 0.318 e. The molecule has 0 unspecified atom stereocenters. The van der Waals surface area contributed by atoms with Gasteiger partial charge < -0.3 is 4.90 Å². The predicted octanol–water partition coefficient (Wildman–Crippen LogP) is 1.91. The number of rotatable bonds is 1. The van der Waals surface area contributed by atoms with Gasteiger partial charge in [0.25, 0.3) is 0 Å². The summed E-state index contributed by atoms with van der Waals surface area (Å²) in [6, 6.07) is 10.9. The van der Waals surface area contributed by atoms with Crippen LogP contribution in [0.4, 0.5) is 4.79 Å². The molecule has 21 heavy (non-hydrogen) atoms. The molecular formula is C16H18N4O. The van der Waals surface area contributed by atoms with Crippen LogP contribution >= 0.6 is 0 Å². The van der Waals surface area contributed by atoms with E-state index in [1.807, 2.05) is 41.4 Å². The van der Waals surface area contributed by atoms with Crippen molar-refractivity contribution in [1.29, 1.82) is 0 Å². The zero-order valence-corrected chi connectivity index (χ0v) is 12.0. The minimum Gasteiger partial charge on any atom is -0.318 e. The Morgan fingerprint density at radius 3 is 2.67 bits per heavy atom. The summed E-state index contributed by atoms with van der Waals surface area (Å²) in [5.74, 6) is 0. The lowest BCUT2D eigenvalue weighted by molar-refractivity contribution is 0.152. The highest BCUT2D eigenvalue weighted by atomic mass is 16.2. The third kappa shape index (κ3) is 2.05. The Balaban J connectivity index is 1.55. The fourth-order valence-electron chi connectivity index (χ4n) is 3.43. The van der Waals surface area contributed by atoms with E-state index in [0.29, 0.717) is 12.1 Å². The molecule has 5 nitrogen and oxygen atoms in total. The van der Waals surface area contributed by atoms with Crippen molar-refractivity contribution >= 4 is 6.03 Å². The normalized spacial score (nSPS) is 24.7. The number of likely N-dealkylation sites (tertiary alicyclic amines) is 2. The van der Waals surface area contributed by atoms with E-state index in [4.69, 9.17) is 0 Å². The van der Waals surface area contributed by atoms with Crippen LogP contribution < -0.4 is 0 Å². The Kier molecular flexibility index (Phi) is 2.82. The minimum absolute atomic E-state index is 0.0466. The number of amides is 1. The summed E-state index contributed by atoms with van der Waals surface area (Å²) in [4.78, 5) is 21.3. The van der Waals surface area contributed by atoms with Gasteiger partial charge in [-0.25, -0.2) is 9.78 Å². The minimum atomic E-state index is 0.0466. The first kappa shape index (κ1) is 12.6. The summed E-state index contributed by atoms with van der Waals surface area (Å²) in [5.41, 5.74) is 1.87. The molecule has 1 aromatic carbocycles. The van der Waals surface area contributed by atoms with E-state index in [1.54, 1.807) is 10.9 Å². The molecule has 5 heteroatoms. The number of piperazine rings is 1. The quantitative estimate of drug-likeness (QED) is 0.802. The predicted molar refractivity (Wildman–Crippen MR) is 80.0 cm³/mol. The van der Waals surface area contributed by atoms with E-state index in [9.17, 15) is 4.79 Å². The molecule has 1 aromatic heterocycles. The van der Waals surface area contributed by atoms with Crippen molar-refractivity contribution in [3.63, 3.8) is 0 Å². The summed E-state index contributed by atoms with van der Waals surface area (Å²) in [5, 5.41) is 0. The first-order chi connectivity index (χ1) is 10.2. The third-order valence-corrected chi connectivity index (χ3v) is 4.63. The standard InChI is InChI=1S/C16H18N4O/c1-18-8-14-7-13(18)9-20(14)16(21)19-10-15(17-11-19)12-5-3-2-4-6-12/h2-6,10-11,13-14H,7-9H2,1H3/t13-,14-/m0/s1. The number of likely N-dealkylation sites (N-methyl/N-ethyl adjacent to an activating group) is 1. The second kappa shape index (κ2) is 4.70. The molecule has 2 aliphatic heterocycles. The fourth-order valence-corrected chi connectivity index (χ4v) is 3.43. The van der Waals surface area contributed by atoms with Crippen LogP contribution in [-0.2, 0) is 0 Å². The summed E-state index contributed by atoms with van der Waals surface area (Å²) in [6.45, 7) is 1.81. The maximum Gasteiger partial charge on any atom is 0.329 e. The van der Waals surface area contributed by atoms with Crippen LogP contribution in [0.3, 0.4) is 0 Å². The molecule has 2 fully saturated rings. The number of hydrogen-bond donors (Lipinski definition) is 0. The Labute approximate surface area is 123 Å². The second-order valence-electron chi connectivity index (χ2n) is 5.95. The van der Waals surface area contributed by atoms with Crippen molar-refractivity contribution < 1.29 is 4.79 Å². The van der Waals surface area contributed by atoms with E-state index >= 15 is 0 Å². The molecule has 2 aromatic rings. The molecule has 2 aliphatic rings. The average molecular weight is 282 g/mol. The van der Waals surface area contributed by atoms with Crippen LogP contribution in [0.2, 0.25) is 0 Å². The third-order valence-electron chi connectivity index (χ3n) is 4.63. The maximum absolute atomic E-state index is 12.6. The zero-order valence-electron chi connectivity index (χ0n) is 12.0. The van der Waals surface area contributed by atoms with Gasteiger partial charge in [0.1, 0.15) is 6.33 Å².